The molecule has 0 radical (unpaired) electrons. The molecule has 0 fully saturated rings. The molecule has 0 spiro atoms. The minimum Gasteiger partial charge on any atom is -0.475 e. The highest BCUT2D eigenvalue weighted by atomic mass is 35.5. The van der Waals surface area contributed by atoms with E-state index < -0.39 is 5.82 Å². The number of ether oxygens (including phenoxy) is 2. The number of benzene rings is 2. The van der Waals surface area contributed by atoms with Gasteiger partial charge in [-0.3, -0.25) is 0 Å². The SMILES string of the molecule is Cc1cc(OC(C)C)nc(-c2ccc(Oc3cc(Cl)ccc3F)cc2)n1. The lowest BCUT2D eigenvalue weighted by Crippen LogP contribution is -2.08. The van der Waals surface area contributed by atoms with E-state index in [1.165, 1.54) is 18.2 Å². The summed E-state index contributed by atoms with van der Waals surface area (Å²) >= 11 is 5.88. The van der Waals surface area contributed by atoms with Crippen molar-refractivity contribution in [1.82, 2.24) is 9.97 Å². The Hall–Kier alpha value is -2.66. The number of hydrogen-bond donors (Lipinski definition) is 0. The third kappa shape index (κ3) is 4.49. The summed E-state index contributed by atoms with van der Waals surface area (Å²) in [6.07, 6.45) is 0.0283. The summed E-state index contributed by atoms with van der Waals surface area (Å²) in [7, 11) is 0. The van der Waals surface area contributed by atoms with Crippen LogP contribution in [0.4, 0.5) is 4.39 Å². The first-order chi connectivity index (χ1) is 12.4. The first-order valence-corrected chi connectivity index (χ1v) is 8.54. The second kappa shape index (κ2) is 7.70. The summed E-state index contributed by atoms with van der Waals surface area (Å²) in [4.78, 5) is 8.87. The molecule has 0 atom stereocenters. The van der Waals surface area contributed by atoms with Gasteiger partial charge in [0.15, 0.2) is 17.4 Å². The Kier molecular flexibility index (Phi) is 5.38. The summed E-state index contributed by atoms with van der Waals surface area (Å²) in [6.45, 7) is 5.77. The van der Waals surface area contributed by atoms with Crippen LogP contribution in [0.1, 0.15) is 19.5 Å². The van der Waals surface area contributed by atoms with Crippen molar-refractivity contribution in [3.8, 4) is 28.8 Å². The molecule has 0 saturated heterocycles. The second-order valence-electron chi connectivity index (χ2n) is 6.04. The third-order valence-corrected chi connectivity index (χ3v) is 3.66. The molecule has 0 aliphatic heterocycles. The Morgan fingerprint density at radius 3 is 2.42 bits per heavy atom. The van der Waals surface area contributed by atoms with Crippen molar-refractivity contribution in [2.24, 2.45) is 0 Å². The Bertz CT molecular complexity index is 914. The summed E-state index contributed by atoms with van der Waals surface area (Å²) in [6, 6.07) is 13.0. The molecule has 4 nitrogen and oxygen atoms in total. The Labute approximate surface area is 156 Å². The maximum absolute atomic E-state index is 13.8. The summed E-state index contributed by atoms with van der Waals surface area (Å²) in [5.74, 6) is 1.17. The molecular weight excluding hydrogens is 355 g/mol. The monoisotopic (exact) mass is 372 g/mol. The minimum absolute atomic E-state index is 0.0283. The number of aromatic nitrogens is 2. The molecule has 2 aromatic carbocycles. The van der Waals surface area contributed by atoms with Crippen molar-refractivity contribution in [3.63, 3.8) is 0 Å². The molecule has 0 saturated carbocycles. The number of halogens is 2. The Morgan fingerprint density at radius 1 is 1.00 bits per heavy atom. The summed E-state index contributed by atoms with van der Waals surface area (Å²) < 4.78 is 25.0. The smallest absolute Gasteiger partial charge is 0.217 e. The lowest BCUT2D eigenvalue weighted by Gasteiger charge is -2.11. The highest BCUT2D eigenvalue weighted by Gasteiger charge is 2.09. The van der Waals surface area contributed by atoms with Crippen LogP contribution >= 0.6 is 11.6 Å². The van der Waals surface area contributed by atoms with E-state index in [0.29, 0.717) is 22.5 Å². The van der Waals surface area contributed by atoms with Crippen molar-refractivity contribution in [3.05, 3.63) is 65.1 Å². The number of aryl methyl sites for hydroxylation is 1. The van der Waals surface area contributed by atoms with E-state index in [1.54, 1.807) is 18.2 Å². The molecule has 0 N–H and O–H groups in total. The zero-order valence-corrected chi connectivity index (χ0v) is 15.4. The van der Waals surface area contributed by atoms with Crippen LogP contribution in [0.15, 0.2) is 48.5 Å². The maximum Gasteiger partial charge on any atom is 0.217 e. The molecule has 0 amide bonds. The lowest BCUT2D eigenvalue weighted by atomic mass is 10.2. The number of rotatable bonds is 5. The first-order valence-electron chi connectivity index (χ1n) is 8.16. The van der Waals surface area contributed by atoms with Gasteiger partial charge in [-0.1, -0.05) is 11.6 Å². The van der Waals surface area contributed by atoms with Gasteiger partial charge in [0.1, 0.15) is 5.75 Å². The molecule has 0 aliphatic rings. The number of hydrogen-bond acceptors (Lipinski definition) is 4. The lowest BCUT2D eigenvalue weighted by molar-refractivity contribution is 0.232. The van der Waals surface area contributed by atoms with Gasteiger partial charge in [0.05, 0.1) is 6.10 Å². The van der Waals surface area contributed by atoms with Gasteiger partial charge in [-0.15, -0.1) is 0 Å². The standard InChI is InChI=1S/C20H18ClFN2O2/c1-12(2)25-19-10-13(3)23-20(24-19)14-4-7-16(8-5-14)26-18-11-15(21)6-9-17(18)22/h4-12H,1-3H3. The van der Waals surface area contributed by atoms with E-state index in [-0.39, 0.29) is 11.9 Å². The molecule has 3 aromatic rings. The molecule has 134 valence electrons. The predicted molar refractivity (Wildman–Crippen MR) is 99.5 cm³/mol. The molecule has 0 bridgehead atoms. The van der Waals surface area contributed by atoms with Gasteiger partial charge in [-0.2, -0.15) is 4.98 Å². The summed E-state index contributed by atoms with van der Waals surface area (Å²) in [5.41, 5.74) is 1.62. The van der Waals surface area contributed by atoms with Gasteiger partial charge in [0.2, 0.25) is 5.88 Å². The van der Waals surface area contributed by atoms with Crippen molar-refractivity contribution in [1.29, 1.82) is 0 Å². The molecule has 6 heteroatoms. The van der Waals surface area contributed by atoms with Crippen molar-refractivity contribution < 1.29 is 13.9 Å². The minimum atomic E-state index is -0.476. The van der Waals surface area contributed by atoms with Crippen LogP contribution in [0.2, 0.25) is 5.02 Å². The fraction of sp³-hybridized carbons (Fsp3) is 0.200. The van der Waals surface area contributed by atoms with Crippen LogP contribution < -0.4 is 9.47 Å². The van der Waals surface area contributed by atoms with Gasteiger partial charge in [0, 0.05) is 28.4 Å². The van der Waals surface area contributed by atoms with Crippen LogP contribution in [-0.2, 0) is 0 Å². The van der Waals surface area contributed by atoms with Crippen LogP contribution in [0.25, 0.3) is 11.4 Å². The average Bonchev–Trinajstić information content (AvgIpc) is 2.58. The quantitative estimate of drug-likeness (QED) is 0.565. The molecule has 1 heterocycles. The largest absolute Gasteiger partial charge is 0.475 e. The van der Waals surface area contributed by atoms with Gasteiger partial charge in [0.25, 0.3) is 0 Å². The molecule has 0 aliphatic carbocycles. The maximum atomic E-state index is 13.8. The van der Waals surface area contributed by atoms with Crippen LogP contribution in [0, 0.1) is 12.7 Å². The molecular formula is C20H18ClFN2O2. The van der Waals surface area contributed by atoms with Crippen LogP contribution in [0.3, 0.4) is 0 Å². The fourth-order valence-corrected chi connectivity index (χ4v) is 2.49. The van der Waals surface area contributed by atoms with Crippen LogP contribution in [-0.4, -0.2) is 16.1 Å². The van der Waals surface area contributed by atoms with Gasteiger partial charge in [-0.05, 0) is 57.2 Å². The second-order valence-corrected chi connectivity index (χ2v) is 6.48. The zero-order valence-electron chi connectivity index (χ0n) is 14.7. The van der Waals surface area contributed by atoms with Gasteiger partial charge in [-0.25, -0.2) is 9.37 Å². The Morgan fingerprint density at radius 2 is 1.73 bits per heavy atom. The molecule has 26 heavy (non-hydrogen) atoms. The van der Waals surface area contributed by atoms with E-state index >= 15 is 0 Å². The third-order valence-electron chi connectivity index (χ3n) is 3.42. The van der Waals surface area contributed by atoms with E-state index in [4.69, 9.17) is 21.1 Å². The predicted octanol–water partition coefficient (Wildman–Crippen LogP) is 5.82. The Balaban J connectivity index is 1.83. The molecule has 0 unspecified atom stereocenters. The van der Waals surface area contributed by atoms with Crippen molar-refractivity contribution in [2.45, 2.75) is 26.9 Å². The fourth-order valence-electron chi connectivity index (χ4n) is 2.33. The average molecular weight is 373 g/mol. The van der Waals surface area contributed by atoms with E-state index in [0.717, 1.165) is 11.3 Å². The topological polar surface area (TPSA) is 44.2 Å². The van der Waals surface area contributed by atoms with E-state index in [1.807, 2.05) is 32.9 Å². The van der Waals surface area contributed by atoms with Gasteiger partial charge >= 0.3 is 0 Å². The zero-order chi connectivity index (χ0) is 18.7. The highest BCUT2D eigenvalue weighted by Crippen LogP contribution is 2.29. The highest BCUT2D eigenvalue weighted by molar-refractivity contribution is 6.30. The van der Waals surface area contributed by atoms with E-state index in [2.05, 4.69) is 9.97 Å². The van der Waals surface area contributed by atoms with Crippen molar-refractivity contribution in [2.75, 3.05) is 0 Å². The normalized spacial score (nSPS) is 10.8. The number of nitrogens with zero attached hydrogens (tertiary/aromatic N) is 2. The first kappa shape index (κ1) is 18.1. The van der Waals surface area contributed by atoms with Crippen molar-refractivity contribution >= 4 is 11.6 Å². The van der Waals surface area contributed by atoms with E-state index in [9.17, 15) is 4.39 Å². The molecule has 1 aromatic heterocycles. The van der Waals surface area contributed by atoms with Crippen LogP contribution in [0.5, 0.6) is 17.4 Å². The summed E-state index contributed by atoms with van der Waals surface area (Å²) in [5, 5.41) is 0.406. The molecule has 3 rings (SSSR count). The van der Waals surface area contributed by atoms with Gasteiger partial charge < -0.3 is 9.47 Å².